The highest BCUT2D eigenvalue weighted by Crippen LogP contribution is 2.65. The maximum atomic E-state index is 14.3. The summed E-state index contributed by atoms with van der Waals surface area (Å²) in [5.74, 6) is 0.336. The highest BCUT2D eigenvalue weighted by Gasteiger charge is 2.68. The predicted octanol–water partition coefficient (Wildman–Crippen LogP) is 6.95. The summed E-state index contributed by atoms with van der Waals surface area (Å²) >= 11 is 0. The maximum Gasteiger partial charge on any atom is 0.481 e. The van der Waals surface area contributed by atoms with E-state index in [0.717, 1.165) is 40.2 Å². The lowest BCUT2D eigenvalue weighted by atomic mass is 9.43. The predicted molar refractivity (Wildman–Crippen MR) is 178 cm³/mol. The second-order valence-electron chi connectivity index (χ2n) is 14.9. The van der Waals surface area contributed by atoms with Crippen molar-refractivity contribution < 1.29 is 18.9 Å². The molecular formula is C37H44BN3O4. The van der Waals surface area contributed by atoms with E-state index in [4.69, 9.17) is 9.31 Å². The van der Waals surface area contributed by atoms with Crippen molar-refractivity contribution in [1.82, 2.24) is 15.3 Å². The number of aromatic amines is 1. The first-order chi connectivity index (χ1) is 21.5. The summed E-state index contributed by atoms with van der Waals surface area (Å²) in [7, 11) is -0.515. The summed E-state index contributed by atoms with van der Waals surface area (Å²) < 4.78 is 13.5. The molecule has 1 aliphatic heterocycles. The largest absolute Gasteiger partial charge is 0.481 e. The zero-order valence-electron chi connectivity index (χ0n) is 27.0. The fourth-order valence-electron chi connectivity index (χ4n) is 8.53. The molecule has 45 heavy (non-hydrogen) atoms. The fourth-order valence-corrected chi connectivity index (χ4v) is 8.53. The van der Waals surface area contributed by atoms with Crippen LogP contribution in [0.3, 0.4) is 0 Å². The Hall–Kier alpha value is -3.49. The molecule has 8 heteroatoms. The Morgan fingerprint density at radius 3 is 2.71 bits per heavy atom. The molecular weight excluding hydrogens is 561 g/mol. The number of pyridine rings is 1. The number of rotatable bonds is 10. The number of nitrogens with one attached hydrogen (secondary N) is 2. The van der Waals surface area contributed by atoms with Gasteiger partial charge in [0.1, 0.15) is 0 Å². The van der Waals surface area contributed by atoms with Crippen molar-refractivity contribution >= 4 is 40.6 Å². The lowest BCUT2D eigenvalue weighted by molar-refractivity contribution is -0.199. The van der Waals surface area contributed by atoms with Gasteiger partial charge in [-0.15, -0.1) is 0 Å². The average Bonchev–Trinajstić information content (AvgIpc) is 3.60. The van der Waals surface area contributed by atoms with Crippen molar-refractivity contribution in [1.29, 1.82) is 0 Å². The molecule has 3 saturated carbocycles. The number of para-hydroxylation sites is 1. The molecule has 2 bridgehead atoms. The molecule has 2 N–H and O–H groups in total. The number of benzene rings is 2. The topological polar surface area (TPSA) is 93.3 Å². The minimum atomic E-state index is -0.568. The van der Waals surface area contributed by atoms with Gasteiger partial charge in [-0.3, -0.25) is 14.6 Å². The molecule has 1 amide bonds. The van der Waals surface area contributed by atoms with Crippen molar-refractivity contribution in [2.24, 2.45) is 29.1 Å². The molecule has 4 fully saturated rings. The van der Waals surface area contributed by atoms with E-state index in [2.05, 4.69) is 56.0 Å². The summed E-state index contributed by atoms with van der Waals surface area (Å²) in [6.45, 7) is 11.2. The first-order valence-electron chi connectivity index (χ1n) is 16.6. The van der Waals surface area contributed by atoms with E-state index in [0.29, 0.717) is 29.7 Å². The quantitative estimate of drug-likeness (QED) is 0.151. The van der Waals surface area contributed by atoms with Crippen LogP contribution in [0.25, 0.3) is 21.8 Å². The number of nitrogens with zero attached hydrogens (tertiary/aromatic N) is 1. The summed E-state index contributed by atoms with van der Waals surface area (Å²) in [6.07, 6.45) is 7.18. The molecule has 4 aliphatic rings. The molecule has 2 aromatic heterocycles. The van der Waals surface area contributed by atoms with Crippen molar-refractivity contribution in [3.63, 3.8) is 0 Å². The van der Waals surface area contributed by atoms with E-state index in [1.807, 2.05) is 54.7 Å². The van der Waals surface area contributed by atoms with Crippen LogP contribution in [0.5, 0.6) is 0 Å². The number of H-pyrrole nitrogens is 1. The lowest BCUT2D eigenvalue weighted by Crippen LogP contribution is -2.65. The number of hydrogen-bond acceptors (Lipinski definition) is 5. The van der Waals surface area contributed by atoms with Crippen molar-refractivity contribution in [3.8, 4) is 0 Å². The molecule has 2 aromatic carbocycles. The Morgan fingerprint density at radius 1 is 1.09 bits per heavy atom. The highest BCUT2D eigenvalue weighted by atomic mass is 16.7. The first-order valence-corrected chi connectivity index (χ1v) is 16.6. The van der Waals surface area contributed by atoms with Gasteiger partial charge < -0.3 is 19.6 Å². The molecule has 234 valence electrons. The van der Waals surface area contributed by atoms with Gasteiger partial charge in [0.2, 0.25) is 5.91 Å². The van der Waals surface area contributed by atoms with Crippen LogP contribution in [0, 0.1) is 29.1 Å². The highest BCUT2D eigenvalue weighted by molar-refractivity contribution is 6.47. The van der Waals surface area contributed by atoms with Gasteiger partial charge in [0.25, 0.3) is 0 Å². The third-order valence-corrected chi connectivity index (χ3v) is 11.2. The van der Waals surface area contributed by atoms with Crippen LogP contribution in [0.2, 0.25) is 0 Å². The normalized spacial score (nSPS) is 26.4. The number of Topliss-reactive ketones (excluding diaryl/α,β-unsaturated/α-hetero) is 1. The molecule has 0 spiro atoms. The number of carbonyl (C=O) groups is 2. The molecule has 3 aliphatic carbocycles. The second kappa shape index (κ2) is 11.4. The Morgan fingerprint density at radius 2 is 1.91 bits per heavy atom. The fraction of sp³-hybridized carbons (Fsp3) is 0.486. The molecule has 3 heterocycles. The number of aromatic nitrogens is 2. The van der Waals surface area contributed by atoms with Crippen LogP contribution in [0.4, 0.5) is 0 Å². The van der Waals surface area contributed by atoms with Gasteiger partial charge in [0, 0.05) is 46.6 Å². The minimum absolute atomic E-state index is 0.0387. The number of hydrogen-bond donors (Lipinski definition) is 2. The molecule has 0 unspecified atom stereocenters. The van der Waals surface area contributed by atoms with E-state index in [-0.39, 0.29) is 41.2 Å². The van der Waals surface area contributed by atoms with Crippen LogP contribution in [-0.2, 0) is 20.5 Å². The number of carbonyl (C=O) groups excluding carboxylic acids is 2. The summed E-state index contributed by atoms with van der Waals surface area (Å²) in [5, 5.41) is 5.33. The standard InChI is InChI=1S/C37H44BN3O4/c1-22(2)15-34(38-44-33-20-27-19-32(36(27,3)4)37(33,5)45-38)41-35(43)25(17-26-21-40-30-11-7-6-10-28(26)30)18-31(42)24-12-13-29-23(16-24)9-8-14-39-29/h6-14,16,21-22,25,27,32-34,40H,15,17-20H2,1-5H3,(H,41,43)/t25-,27+,32+,33-,34+,37+/m1/s1. The third-order valence-electron chi connectivity index (χ3n) is 11.2. The van der Waals surface area contributed by atoms with Crippen molar-refractivity contribution in [3.05, 3.63) is 78.1 Å². The van der Waals surface area contributed by atoms with Crippen LogP contribution in [0.1, 0.15) is 76.2 Å². The average molecular weight is 606 g/mol. The van der Waals surface area contributed by atoms with E-state index >= 15 is 0 Å². The first kappa shape index (κ1) is 30.2. The Kier molecular flexibility index (Phi) is 7.64. The Labute approximate surface area is 266 Å². The maximum absolute atomic E-state index is 14.3. The van der Waals surface area contributed by atoms with Gasteiger partial charge in [-0.2, -0.15) is 0 Å². The van der Waals surface area contributed by atoms with Gasteiger partial charge in [-0.05, 0) is 91.7 Å². The molecule has 1 saturated heterocycles. The number of amides is 1. The summed E-state index contributed by atoms with van der Waals surface area (Å²) in [4.78, 5) is 35.8. The van der Waals surface area contributed by atoms with Crippen LogP contribution in [0.15, 0.2) is 67.0 Å². The van der Waals surface area contributed by atoms with E-state index in [1.54, 1.807) is 6.20 Å². The third kappa shape index (κ3) is 5.40. The van der Waals surface area contributed by atoms with Crippen molar-refractivity contribution in [2.45, 2.75) is 84.4 Å². The van der Waals surface area contributed by atoms with Crippen LogP contribution < -0.4 is 5.32 Å². The molecule has 0 radical (unpaired) electrons. The van der Waals surface area contributed by atoms with Gasteiger partial charge in [0.05, 0.1) is 23.2 Å². The monoisotopic (exact) mass is 605 g/mol. The minimum Gasteiger partial charge on any atom is -0.404 e. The molecule has 7 nitrogen and oxygen atoms in total. The smallest absolute Gasteiger partial charge is 0.404 e. The molecule has 6 atom stereocenters. The Bertz CT molecular complexity index is 1750. The number of ketones is 1. The zero-order valence-corrected chi connectivity index (χ0v) is 27.0. The van der Waals surface area contributed by atoms with E-state index in [9.17, 15) is 9.59 Å². The lowest BCUT2D eigenvalue weighted by Gasteiger charge is -2.64. The van der Waals surface area contributed by atoms with E-state index < -0.39 is 13.0 Å². The number of fused-ring (bicyclic) bond motifs is 2. The second-order valence-corrected chi connectivity index (χ2v) is 14.9. The van der Waals surface area contributed by atoms with Crippen LogP contribution >= 0.6 is 0 Å². The van der Waals surface area contributed by atoms with Gasteiger partial charge in [-0.1, -0.05) is 52.0 Å². The summed E-state index contributed by atoms with van der Waals surface area (Å²) in [6, 6.07) is 17.5. The van der Waals surface area contributed by atoms with Gasteiger partial charge in [-0.25, -0.2) is 0 Å². The zero-order chi connectivity index (χ0) is 31.5. The molecule has 8 rings (SSSR count). The SMILES string of the molecule is CC(C)C[C@H](NC(=O)[C@@H](CC(=O)c1ccc2ncccc2c1)Cc1c[nH]c2ccccc12)B1O[C@@H]2C[C@@H]3C[C@@H](C3(C)C)[C@]2(C)O1. The van der Waals surface area contributed by atoms with Crippen molar-refractivity contribution in [2.75, 3.05) is 0 Å². The van der Waals surface area contributed by atoms with Gasteiger partial charge >= 0.3 is 7.12 Å². The van der Waals surface area contributed by atoms with E-state index in [1.165, 1.54) is 6.42 Å². The van der Waals surface area contributed by atoms with Gasteiger partial charge in [0.15, 0.2) is 5.78 Å². The molecule has 4 aromatic rings. The Balaban J connectivity index is 1.15. The summed E-state index contributed by atoms with van der Waals surface area (Å²) in [5.41, 5.74) is 3.35. The van der Waals surface area contributed by atoms with Crippen LogP contribution in [-0.4, -0.2) is 46.4 Å².